The summed E-state index contributed by atoms with van der Waals surface area (Å²) in [6, 6.07) is 5.80. The van der Waals surface area contributed by atoms with E-state index in [1.54, 1.807) is 0 Å². The standard InChI is InChI=1S/C13H20FNO2S/c1-3-15-11(2)7-6-10-18(16,17)13-9-5-4-8-12(13)14/h4-5,8-9,11,15H,3,6-7,10H2,1-2H3. The van der Waals surface area contributed by atoms with Gasteiger partial charge in [-0.15, -0.1) is 0 Å². The summed E-state index contributed by atoms with van der Waals surface area (Å²) in [5, 5.41) is 3.21. The first-order valence-corrected chi connectivity index (χ1v) is 7.83. The van der Waals surface area contributed by atoms with Crippen LogP contribution in [-0.4, -0.2) is 26.8 Å². The maximum absolute atomic E-state index is 13.4. The average molecular weight is 273 g/mol. The molecule has 102 valence electrons. The fourth-order valence-corrected chi connectivity index (χ4v) is 3.25. The summed E-state index contributed by atoms with van der Waals surface area (Å²) < 4.78 is 37.3. The van der Waals surface area contributed by atoms with Crippen molar-refractivity contribution in [2.45, 2.75) is 37.6 Å². The van der Waals surface area contributed by atoms with E-state index in [1.165, 1.54) is 24.3 Å². The summed E-state index contributed by atoms with van der Waals surface area (Å²) >= 11 is 0. The molecule has 5 heteroatoms. The summed E-state index contributed by atoms with van der Waals surface area (Å²) in [6.45, 7) is 4.88. The molecule has 0 aliphatic heterocycles. The van der Waals surface area contributed by atoms with Crippen LogP contribution < -0.4 is 5.32 Å². The maximum atomic E-state index is 13.4. The molecule has 0 aliphatic carbocycles. The molecule has 1 aromatic carbocycles. The molecule has 0 aromatic heterocycles. The van der Waals surface area contributed by atoms with Gasteiger partial charge in [-0.3, -0.25) is 0 Å². The van der Waals surface area contributed by atoms with Crippen LogP contribution in [0.4, 0.5) is 4.39 Å². The van der Waals surface area contributed by atoms with Crippen LogP contribution in [0.1, 0.15) is 26.7 Å². The largest absolute Gasteiger partial charge is 0.315 e. The number of nitrogens with one attached hydrogen (secondary N) is 1. The van der Waals surface area contributed by atoms with Crippen molar-refractivity contribution in [1.29, 1.82) is 0 Å². The molecular weight excluding hydrogens is 253 g/mol. The summed E-state index contributed by atoms with van der Waals surface area (Å²) in [4.78, 5) is -0.193. The molecule has 1 rings (SSSR count). The quantitative estimate of drug-likeness (QED) is 0.829. The molecule has 1 unspecified atom stereocenters. The molecule has 0 fully saturated rings. The molecular formula is C13H20FNO2S. The number of hydrogen-bond donors (Lipinski definition) is 1. The van der Waals surface area contributed by atoms with Crippen LogP contribution in [0, 0.1) is 5.82 Å². The van der Waals surface area contributed by atoms with Crippen LogP contribution in [0.25, 0.3) is 0 Å². The van der Waals surface area contributed by atoms with E-state index in [0.29, 0.717) is 6.42 Å². The van der Waals surface area contributed by atoms with Crippen molar-refractivity contribution in [2.75, 3.05) is 12.3 Å². The highest BCUT2D eigenvalue weighted by Crippen LogP contribution is 2.16. The summed E-state index contributed by atoms with van der Waals surface area (Å²) in [5.41, 5.74) is 0. The van der Waals surface area contributed by atoms with E-state index >= 15 is 0 Å². The molecule has 0 saturated heterocycles. The van der Waals surface area contributed by atoms with Crippen LogP contribution in [0.15, 0.2) is 29.2 Å². The van der Waals surface area contributed by atoms with E-state index in [2.05, 4.69) is 5.32 Å². The second-order valence-corrected chi connectivity index (χ2v) is 6.43. The Kier molecular flexibility index (Phi) is 5.75. The van der Waals surface area contributed by atoms with Gasteiger partial charge in [0.05, 0.1) is 5.75 Å². The van der Waals surface area contributed by atoms with Gasteiger partial charge >= 0.3 is 0 Å². The van der Waals surface area contributed by atoms with E-state index in [-0.39, 0.29) is 16.7 Å². The topological polar surface area (TPSA) is 46.2 Å². The molecule has 0 heterocycles. The number of sulfone groups is 1. The number of benzene rings is 1. The zero-order valence-electron chi connectivity index (χ0n) is 10.8. The fraction of sp³-hybridized carbons (Fsp3) is 0.538. The first-order chi connectivity index (χ1) is 8.47. The Morgan fingerprint density at radius 2 is 2.00 bits per heavy atom. The molecule has 0 spiro atoms. The van der Waals surface area contributed by atoms with Crippen molar-refractivity contribution in [3.05, 3.63) is 30.1 Å². The predicted octanol–water partition coefficient (Wildman–Crippen LogP) is 2.38. The van der Waals surface area contributed by atoms with Gasteiger partial charge in [0, 0.05) is 6.04 Å². The molecule has 0 aliphatic rings. The van der Waals surface area contributed by atoms with E-state index in [4.69, 9.17) is 0 Å². The summed E-state index contributed by atoms with van der Waals surface area (Å²) in [7, 11) is -3.50. The van der Waals surface area contributed by atoms with Crippen molar-refractivity contribution in [3.8, 4) is 0 Å². The van der Waals surface area contributed by atoms with Gasteiger partial charge in [-0.25, -0.2) is 12.8 Å². The Bertz CT molecular complexity index is 474. The highest BCUT2D eigenvalue weighted by atomic mass is 32.2. The van der Waals surface area contributed by atoms with E-state index in [9.17, 15) is 12.8 Å². The molecule has 0 bridgehead atoms. The Hall–Kier alpha value is -0.940. The van der Waals surface area contributed by atoms with Gasteiger partial charge in [0.1, 0.15) is 10.7 Å². The normalized spacial score (nSPS) is 13.5. The van der Waals surface area contributed by atoms with Crippen molar-refractivity contribution in [2.24, 2.45) is 0 Å². The molecule has 1 N–H and O–H groups in total. The van der Waals surface area contributed by atoms with Gasteiger partial charge in [0.2, 0.25) is 0 Å². The van der Waals surface area contributed by atoms with Crippen LogP contribution in [-0.2, 0) is 9.84 Å². The van der Waals surface area contributed by atoms with Crippen LogP contribution in [0.5, 0.6) is 0 Å². The lowest BCUT2D eigenvalue weighted by Crippen LogP contribution is -2.26. The SMILES string of the molecule is CCNC(C)CCCS(=O)(=O)c1ccccc1F. The third-order valence-corrected chi connectivity index (χ3v) is 4.60. The van der Waals surface area contributed by atoms with Gasteiger partial charge in [0.15, 0.2) is 9.84 Å². The van der Waals surface area contributed by atoms with Crippen LogP contribution >= 0.6 is 0 Å². The zero-order chi connectivity index (χ0) is 13.6. The zero-order valence-corrected chi connectivity index (χ0v) is 11.6. The van der Waals surface area contributed by atoms with Gasteiger partial charge < -0.3 is 5.32 Å². The minimum absolute atomic E-state index is 0.0103. The van der Waals surface area contributed by atoms with Gasteiger partial charge in [-0.05, 0) is 38.4 Å². The summed E-state index contributed by atoms with van der Waals surface area (Å²) in [6.07, 6.45) is 1.30. The Labute approximate surface area is 108 Å². The van der Waals surface area contributed by atoms with E-state index in [0.717, 1.165) is 13.0 Å². The lowest BCUT2D eigenvalue weighted by molar-refractivity contribution is 0.519. The molecule has 0 radical (unpaired) electrons. The summed E-state index contributed by atoms with van der Waals surface area (Å²) in [5.74, 6) is -0.679. The highest BCUT2D eigenvalue weighted by Gasteiger charge is 2.18. The first-order valence-electron chi connectivity index (χ1n) is 6.18. The van der Waals surface area contributed by atoms with E-state index in [1.807, 2.05) is 13.8 Å². The molecule has 3 nitrogen and oxygen atoms in total. The predicted molar refractivity (Wildman–Crippen MR) is 70.8 cm³/mol. The minimum Gasteiger partial charge on any atom is -0.315 e. The number of rotatable bonds is 7. The van der Waals surface area contributed by atoms with Crippen LogP contribution in [0.3, 0.4) is 0 Å². The van der Waals surface area contributed by atoms with Crippen molar-refractivity contribution >= 4 is 9.84 Å². The van der Waals surface area contributed by atoms with Crippen LogP contribution in [0.2, 0.25) is 0 Å². The lowest BCUT2D eigenvalue weighted by Gasteiger charge is -2.12. The fourth-order valence-electron chi connectivity index (χ4n) is 1.84. The smallest absolute Gasteiger partial charge is 0.181 e. The average Bonchev–Trinajstić information content (AvgIpc) is 2.29. The monoisotopic (exact) mass is 273 g/mol. The molecule has 1 atom stereocenters. The number of halogens is 1. The first kappa shape index (κ1) is 15.1. The molecule has 1 aromatic rings. The highest BCUT2D eigenvalue weighted by molar-refractivity contribution is 7.91. The second-order valence-electron chi connectivity index (χ2n) is 4.35. The molecule has 0 amide bonds. The van der Waals surface area contributed by atoms with Crippen molar-refractivity contribution in [3.63, 3.8) is 0 Å². The van der Waals surface area contributed by atoms with Crippen molar-refractivity contribution < 1.29 is 12.8 Å². The molecule has 0 saturated carbocycles. The van der Waals surface area contributed by atoms with E-state index < -0.39 is 15.7 Å². The van der Waals surface area contributed by atoms with Gasteiger partial charge in [-0.1, -0.05) is 19.1 Å². The Balaban J connectivity index is 2.59. The minimum atomic E-state index is -3.50. The second kappa shape index (κ2) is 6.85. The van der Waals surface area contributed by atoms with Gasteiger partial charge in [0.25, 0.3) is 0 Å². The van der Waals surface area contributed by atoms with Gasteiger partial charge in [-0.2, -0.15) is 0 Å². The molecule has 18 heavy (non-hydrogen) atoms. The Morgan fingerprint density at radius 1 is 1.33 bits per heavy atom. The third kappa shape index (κ3) is 4.38. The third-order valence-electron chi connectivity index (χ3n) is 2.77. The van der Waals surface area contributed by atoms with Crippen molar-refractivity contribution in [1.82, 2.24) is 5.32 Å². The lowest BCUT2D eigenvalue weighted by atomic mass is 10.2. The number of hydrogen-bond acceptors (Lipinski definition) is 3. The Morgan fingerprint density at radius 3 is 2.61 bits per heavy atom. The maximum Gasteiger partial charge on any atom is 0.181 e.